The molecule has 1 aliphatic rings. The molecule has 0 aliphatic heterocycles. The molecule has 2 rings (SSSR count). The Labute approximate surface area is 77.2 Å². The highest BCUT2D eigenvalue weighted by molar-refractivity contribution is 5.87. The molecule has 2 heteroatoms. The zero-order chi connectivity index (χ0) is 9.26. The van der Waals surface area contributed by atoms with Crippen molar-refractivity contribution in [2.75, 3.05) is 0 Å². The summed E-state index contributed by atoms with van der Waals surface area (Å²) >= 11 is 0. The Morgan fingerprint density at radius 2 is 1.85 bits per heavy atom. The van der Waals surface area contributed by atoms with Crippen molar-refractivity contribution in [3.8, 4) is 0 Å². The Kier molecular flexibility index (Phi) is 2.05. The first kappa shape index (κ1) is 8.30. The molecular weight excluding hydrogens is 164 g/mol. The molecular formula is C11H12O2. The van der Waals surface area contributed by atoms with E-state index in [9.17, 15) is 4.79 Å². The van der Waals surface area contributed by atoms with Gasteiger partial charge in [-0.3, -0.25) is 0 Å². The summed E-state index contributed by atoms with van der Waals surface area (Å²) in [7, 11) is 0. The van der Waals surface area contributed by atoms with Crippen molar-refractivity contribution >= 4 is 5.97 Å². The quantitative estimate of drug-likeness (QED) is 0.712. The Hall–Kier alpha value is -1.31. The number of hydrogen-bond acceptors (Lipinski definition) is 1. The third-order valence-electron chi connectivity index (χ3n) is 2.60. The van der Waals surface area contributed by atoms with E-state index >= 15 is 0 Å². The monoisotopic (exact) mass is 176 g/mol. The van der Waals surface area contributed by atoms with Gasteiger partial charge in [0.25, 0.3) is 0 Å². The Morgan fingerprint density at radius 1 is 1.15 bits per heavy atom. The van der Waals surface area contributed by atoms with E-state index in [4.69, 9.17) is 5.11 Å². The van der Waals surface area contributed by atoms with Gasteiger partial charge >= 0.3 is 5.97 Å². The number of fused-ring (bicyclic) bond motifs is 1. The molecule has 2 nitrogen and oxygen atoms in total. The molecule has 1 N–H and O–H groups in total. The molecule has 0 atom stereocenters. The minimum absolute atomic E-state index is 0.417. The molecule has 0 radical (unpaired) electrons. The second-order valence-electron chi connectivity index (χ2n) is 3.50. The van der Waals surface area contributed by atoms with Crippen LogP contribution in [0.5, 0.6) is 0 Å². The molecule has 0 amide bonds. The lowest BCUT2D eigenvalue weighted by Gasteiger charge is -2.15. The lowest BCUT2D eigenvalue weighted by molar-refractivity contribution is 0.0696. The largest absolute Gasteiger partial charge is 0.478 e. The summed E-state index contributed by atoms with van der Waals surface area (Å²) in [6.45, 7) is 0. The number of benzene rings is 1. The SMILES string of the molecule is O=C(O)c1ccc2c(c1)CCCC2. The number of carboxylic acid groups (broad SMARTS) is 1. The zero-order valence-electron chi connectivity index (χ0n) is 7.42. The van der Waals surface area contributed by atoms with Crippen molar-refractivity contribution < 1.29 is 9.90 Å². The molecule has 1 aromatic rings. The van der Waals surface area contributed by atoms with Crippen molar-refractivity contribution in [3.05, 3.63) is 34.9 Å². The van der Waals surface area contributed by atoms with Gasteiger partial charge in [-0.2, -0.15) is 0 Å². The number of aryl methyl sites for hydroxylation is 2. The van der Waals surface area contributed by atoms with Gasteiger partial charge in [0.05, 0.1) is 5.56 Å². The fraction of sp³-hybridized carbons (Fsp3) is 0.364. The number of carboxylic acids is 1. The van der Waals surface area contributed by atoms with Crippen LogP contribution in [-0.2, 0) is 12.8 Å². The highest BCUT2D eigenvalue weighted by Crippen LogP contribution is 2.21. The van der Waals surface area contributed by atoms with E-state index in [0.29, 0.717) is 5.56 Å². The molecule has 0 spiro atoms. The average Bonchev–Trinajstić information content (AvgIpc) is 2.17. The molecule has 13 heavy (non-hydrogen) atoms. The van der Waals surface area contributed by atoms with Crippen LogP contribution < -0.4 is 0 Å². The molecule has 0 fully saturated rings. The number of aromatic carboxylic acids is 1. The van der Waals surface area contributed by atoms with Crippen molar-refractivity contribution in [2.24, 2.45) is 0 Å². The van der Waals surface area contributed by atoms with Crippen LogP contribution in [0, 0.1) is 0 Å². The Balaban J connectivity index is 2.40. The van der Waals surface area contributed by atoms with E-state index in [1.54, 1.807) is 6.07 Å². The van der Waals surface area contributed by atoms with E-state index in [-0.39, 0.29) is 0 Å². The van der Waals surface area contributed by atoms with E-state index < -0.39 is 5.97 Å². The summed E-state index contributed by atoms with van der Waals surface area (Å²) in [6, 6.07) is 5.47. The lowest BCUT2D eigenvalue weighted by Crippen LogP contribution is -2.05. The predicted octanol–water partition coefficient (Wildman–Crippen LogP) is 2.26. The second-order valence-corrected chi connectivity index (χ2v) is 3.50. The summed E-state index contributed by atoms with van der Waals surface area (Å²) in [6.07, 6.45) is 4.57. The first-order valence-electron chi connectivity index (χ1n) is 4.62. The summed E-state index contributed by atoms with van der Waals surface area (Å²) in [4.78, 5) is 10.7. The van der Waals surface area contributed by atoms with Crippen molar-refractivity contribution in [1.82, 2.24) is 0 Å². The van der Waals surface area contributed by atoms with Gasteiger partial charge in [-0.15, -0.1) is 0 Å². The molecule has 0 saturated carbocycles. The third kappa shape index (κ3) is 1.57. The second kappa shape index (κ2) is 3.21. The molecule has 0 heterocycles. The van der Waals surface area contributed by atoms with Crippen molar-refractivity contribution in [3.63, 3.8) is 0 Å². The maximum Gasteiger partial charge on any atom is 0.335 e. The highest BCUT2D eigenvalue weighted by atomic mass is 16.4. The van der Waals surface area contributed by atoms with Crippen molar-refractivity contribution in [2.45, 2.75) is 25.7 Å². The zero-order valence-corrected chi connectivity index (χ0v) is 7.42. The van der Waals surface area contributed by atoms with Crippen LogP contribution in [0.1, 0.15) is 34.3 Å². The maximum atomic E-state index is 10.7. The number of hydrogen-bond donors (Lipinski definition) is 1. The molecule has 0 bridgehead atoms. The molecule has 0 unspecified atom stereocenters. The summed E-state index contributed by atoms with van der Waals surface area (Å²) in [5, 5.41) is 8.79. The van der Waals surface area contributed by atoms with E-state index in [2.05, 4.69) is 0 Å². The van der Waals surface area contributed by atoms with Crippen molar-refractivity contribution in [1.29, 1.82) is 0 Å². The summed E-state index contributed by atoms with van der Waals surface area (Å²) in [5.74, 6) is -0.826. The van der Waals surface area contributed by atoms with Gasteiger partial charge in [0, 0.05) is 0 Å². The smallest absolute Gasteiger partial charge is 0.335 e. The first-order chi connectivity index (χ1) is 6.27. The van der Waals surface area contributed by atoms with Crippen LogP contribution >= 0.6 is 0 Å². The normalized spacial score (nSPS) is 15.1. The fourth-order valence-electron chi connectivity index (χ4n) is 1.87. The van der Waals surface area contributed by atoms with Gasteiger partial charge < -0.3 is 5.11 Å². The van der Waals surface area contributed by atoms with Gasteiger partial charge in [-0.05, 0) is 48.9 Å². The maximum absolute atomic E-state index is 10.7. The molecule has 1 aliphatic carbocycles. The van der Waals surface area contributed by atoms with E-state index in [1.165, 1.54) is 24.0 Å². The van der Waals surface area contributed by atoms with Crippen LogP contribution in [0.2, 0.25) is 0 Å². The van der Waals surface area contributed by atoms with Crippen LogP contribution in [0.25, 0.3) is 0 Å². The highest BCUT2D eigenvalue weighted by Gasteiger charge is 2.11. The van der Waals surface area contributed by atoms with E-state index in [0.717, 1.165) is 12.8 Å². The van der Waals surface area contributed by atoms with Gasteiger partial charge in [-0.25, -0.2) is 4.79 Å². The Morgan fingerprint density at radius 3 is 2.54 bits per heavy atom. The predicted molar refractivity (Wildman–Crippen MR) is 50.0 cm³/mol. The first-order valence-corrected chi connectivity index (χ1v) is 4.62. The third-order valence-corrected chi connectivity index (χ3v) is 2.60. The van der Waals surface area contributed by atoms with Gasteiger partial charge in [0.15, 0.2) is 0 Å². The summed E-state index contributed by atoms with van der Waals surface area (Å²) in [5.41, 5.74) is 2.98. The van der Waals surface area contributed by atoms with Gasteiger partial charge in [0.1, 0.15) is 0 Å². The van der Waals surface area contributed by atoms with Crippen LogP contribution in [-0.4, -0.2) is 11.1 Å². The van der Waals surface area contributed by atoms with Crippen LogP contribution in [0.4, 0.5) is 0 Å². The Bertz CT molecular complexity index is 342. The summed E-state index contributed by atoms with van der Waals surface area (Å²) < 4.78 is 0. The minimum atomic E-state index is -0.826. The standard InChI is InChI=1S/C11H12O2/c12-11(13)10-6-5-8-3-1-2-4-9(8)7-10/h5-7H,1-4H2,(H,12,13). The minimum Gasteiger partial charge on any atom is -0.478 e. The lowest BCUT2D eigenvalue weighted by atomic mass is 9.90. The van der Waals surface area contributed by atoms with Crippen LogP contribution in [0.15, 0.2) is 18.2 Å². The molecule has 1 aromatic carbocycles. The number of carbonyl (C=O) groups is 1. The van der Waals surface area contributed by atoms with Crippen LogP contribution in [0.3, 0.4) is 0 Å². The topological polar surface area (TPSA) is 37.3 Å². The number of rotatable bonds is 1. The molecule has 0 saturated heterocycles. The molecule has 68 valence electrons. The van der Waals surface area contributed by atoms with Gasteiger partial charge in [0.2, 0.25) is 0 Å². The van der Waals surface area contributed by atoms with Gasteiger partial charge in [-0.1, -0.05) is 6.07 Å². The van der Waals surface area contributed by atoms with E-state index in [1.807, 2.05) is 12.1 Å². The molecule has 0 aromatic heterocycles. The fourth-order valence-corrected chi connectivity index (χ4v) is 1.87. The average molecular weight is 176 g/mol.